The minimum atomic E-state index is -0.708. The zero-order valence-electron chi connectivity index (χ0n) is 20.6. The van der Waals surface area contributed by atoms with Gasteiger partial charge in [-0.25, -0.2) is 10.2 Å². The lowest BCUT2D eigenvalue weighted by Gasteiger charge is -2.09. The van der Waals surface area contributed by atoms with Crippen LogP contribution in [0.2, 0.25) is 10.0 Å². The lowest BCUT2D eigenvalue weighted by atomic mass is 10.1. The van der Waals surface area contributed by atoms with E-state index in [9.17, 15) is 24.5 Å². The Kier molecular flexibility index (Phi) is 9.45. The van der Waals surface area contributed by atoms with Crippen LogP contribution in [0.4, 0.5) is 11.4 Å². The number of nitro benzene ring substituents is 1. The van der Waals surface area contributed by atoms with E-state index < -0.39 is 22.7 Å². The van der Waals surface area contributed by atoms with Crippen molar-refractivity contribution in [2.75, 3.05) is 5.32 Å². The normalized spacial score (nSPS) is 10.7. The molecular formula is C28H17BrCl2N4O6. The number of amides is 2. The number of nitrogens with zero attached hydrogens (tertiary/aromatic N) is 2. The van der Waals surface area contributed by atoms with E-state index in [0.29, 0.717) is 20.7 Å². The number of carbonyl (C=O) groups is 3. The fourth-order valence-corrected chi connectivity index (χ4v) is 4.29. The van der Waals surface area contributed by atoms with Crippen molar-refractivity contribution in [3.05, 3.63) is 132 Å². The Morgan fingerprint density at radius 1 is 0.902 bits per heavy atom. The highest BCUT2D eigenvalue weighted by molar-refractivity contribution is 9.10. The summed E-state index contributed by atoms with van der Waals surface area (Å²) in [7, 11) is 0. The number of nitro groups is 1. The van der Waals surface area contributed by atoms with Crippen molar-refractivity contribution in [1.29, 1.82) is 0 Å². The molecule has 206 valence electrons. The van der Waals surface area contributed by atoms with Crippen molar-refractivity contribution in [1.82, 2.24) is 5.43 Å². The molecule has 0 saturated heterocycles. The van der Waals surface area contributed by atoms with Gasteiger partial charge in [-0.15, -0.1) is 0 Å². The molecular weight excluding hydrogens is 639 g/mol. The summed E-state index contributed by atoms with van der Waals surface area (Å²) >= 11 is 15.3. The summed E-state index contributed by atoms with van der Waals surface area (Å²) in [6.07, 6.45) is 1.30. The molecule has 0 spiro atoms. The maximum atomic E-state index is 12.7. The highest BCUT2D eigenvalue weighted by atomic mass is 79.9. The van der Waals surface area contributed by atoms with Gasteiger partial charge >= 0.3 is 5.97 Å². The Morgan fingerprint density at radius 3 is 2.37 bits per heavy atom. The van der Waals surface area contributed by atoms with Crippen LogP contribution < -0.4 is 15.5 Å². The predicted octanol–water partition coefficient (Wildman–Crippen LogP) is 6.90. The molecule has 0 radical (unpaired) electrons. The molecule has 2 amide bonds. The van der Waals surface area contributed by atoms with Crippen LogP contribution in [0.5, 0.6) is 5.75 Å². The van der Waals surface area contributed by atoms with Crippen LogP contribution in [-0.4, -0.2) is 28.9 Å². The van der Waals surface area contributed by atoms with E-state index in [4.69, 9.17) is 27.9 Å². The molecule has 10 nitrogen and oxygen atoms in total. The van der Waals surface area contributed by atoms with E-state index in [1.807, 2.05) is 0 Å². The Bertz CT molecular complexity index is 1700. The molecule has 0 aliphatic carbocycles. The van der Waals surface area contributed by atoms with Gasteiger partial charge in [-0.3, -0.25) is 19.7 Å². The molecule has 0 bridgehead atoms. The number of hydrazone groups is 1. The Labute approximate surface area is 251 Å². The Hall–Kier alpha value is -4.58. The van der Waals surface area contributed by atoms with Crippen LogP contribution in [-0.2, 0) is 0 Å². The number of nitrogens with one attached hydrogen (secondary N) is 2. The van der Waals surface area contributed by atoms with E-state index in [-0.39, 0.29) is 33.1 Å². The zero-order chi connectivity index (χ0) is 29.5. The summed E-state index contributed by atoms with van der Waals surface area (Å²) in [5.41, 5.74) is 3.47. The summed E-state index contributed by atoms with van der Waals surface area (Å²) in [6, 6.07) is 20.5. The fraction of sp³-hybridized carbons (Fsp3) is 0. The minimum absolute atomic E-state index is 0.121. The molecule has 0 aromatic heterocycles. The molecule has 4 rings (SSSR count). The summed E-state index contributed by atoms with van der Waals surface area (Å²) in [5, 5.41) is 17.9. The van der Waals surface area contributed by atoms with Gasteiger partial charge in [0.25, 0.3) is 17.5 Å². The van der Waals surface area contributed by atoms with Crippen LogP contribution >= 0.6 is 39.1 Å². The lowest BCUT2D eigenvalue weighted by molar-refractivity contribution is -0.384. The fourth-order valence-electron chi connectivity index (χ4n) is 3.42. The number of anilines is 1. The minimum Gasteiger partial charge on any atom is -0.422 e. The standard InChI is InChI=1S/C28H17BrCl2N4O6/c29-19-6-11-25(41-28(38)23-10-7-20(30)14-24(23)31)18(12-19)15-32-34-27(37)17-2-1-3-21(13-17)33-26(36)16-4-8-22(9-5-16)35(39)40/h1-15H,(H,33,36)(H,34,37). The maximum absolute atomic E-state index is 12.7. The molecule has 0 heterocycles. The second-order valence-corrected chi connectivity index (χ2v) is 9.99. The Balaban J connectivity index is 1.42. The van der Waals surface area contributed by atoms with Gasteiger partial charge in [0, 0.05) is 44.0 Å². The molecule has 0 aliphatic rings. The quantitative estimate of drug-likeness (QED) is 0.0696. The average Bonchev–Trinajstić information content (AvgIpc) is 2.94. The van der Waals surface area contributed by atoms with Gasteiger partial charge in [0.05, 0.1) is 21.7 Å². The van der Waals surface area contributed by atoms with Gasteiger partial charge in [0.2, 0.25) is 0 Å². The number of hydrogen-bond donors (Lipinski definition) is 2. The second kappa shape index (κ2) is 13.2. The van der Waals surface area contributed by atoms with Crippen molar-refractivity contribution in [3.8, 4) is 5.75 Å². The van der Waals surface area contributed by atoms with Crippen LogP contribution in [0.25, 0.3) is 0 Å². The number of halogens is 3. The smallest absolute Gasteiger partial charge is 0.345 e. The van der Waals surface area contributed by atoms with E-state index in [0.717, 1.165) is 0 Å². The second-order valence-electron chi connectivity index (χ2n) is 8.23. The van der Waals surface area contributed by atoms with E-state index in [2.05, 4.69) is 31.8 Å². The first kappa shape index (κ1) is 29.4. The molecule has 0 saturated carbocycles. The Morgan fingerprint density at radius 2 is 1.66 bits per heavy atom. The third kappa shape index (κ3) is 7.76. The molecule has 0 aliphatic heterocycles. The van der Waals surface area contributed by atoms with Gasteiger partial charge < -0.3 is 10.1 Å². The van der Waals surface area contributed by atoms with Gasteiger partial charge in [-0.2, -0.15) is 5.10 Å². The van der Waals surface area contributed by atoms with Gasteiger partial charge in [0.15, 0.2) is 0 Å². The first-order valence-electron chi connectivity index (χ1n) is 11.6. The molecule has 4 aromatic carbocycles. The molecule has 4 aromatic rings. The highest BCUT2D eigenvalue weighted by Crippen LogP contribution is 2.26. The first-order valence-corrected chi connectivity index (χ1v) is 13.1. The third-order valence-corrected chi connectivity index (χ3v) is 6.46. The zero-order valence-corrected chi connectivity index (χ0v) is 23.7. The molecule has 0 unspecified atom stereocenters. The largest absolute Gasteiger partial charge is 0.422 e. The number of non-ortho nitro benzene ring substituents is 1. The van der Waals surface area contributed by atoms with E-state index in [1.165, 1.54) is 60.8 Å². The number of carbonyl (C=O) groups excluding carboxylic acids is 3. The van der Waals surface area contributed by atoms with E-state index in [1.54, 1.807) is 30.3 Å². The van der Waals surface area contributed by atoms with Crippen LogP contribution in [0.3, 0.4) is 0 Å². The third-order valence-electron chi connectivity index (χ3n) is 5.42. The number of benzene rings is 4. The topological polar surface area (TPSA) is 140 Å². The molecule has 2 N–H and O–H groups in total. The SMILES string of the molecule is O=C(NN=Cc1cc(Br)ccc1OC(=O)c1ccc(Cl)cc1Cl)c1cccc(NC(=O)c2ccc([N+](=O)[O-])cc2)c1. The first-order chi connectivity index (χ1) is 19.6. The van der Waals surface area contributed by atoms with E-state index >= 15 is 0 Å². The van der Waals surface area contributed by atoms with Gasteiger partial charge in [0.1, 0.15) is 5.75 Å². The maximum Gasteiger partial charge on any atom is 0.345 e. The van der Waals surface area contributed by atoms with Crippen molar-refractivity contribution in [3.63, 3.8) is 0 Å². The summed E-state index contributed by atoms with van der Waals surface area (Å²) in [5.74, 6) is -1.63. The molecule has 0 fully saturated rings. The van der Waals surface area contributed by atoms with Crippen molar-refractivity contribution in [2.45, 2.75) is 0 Å². The van der Waals surface area contributed by atoms with Crippen molar-refractivity contribution in [2.24, 2.45) is 5.10 Å². The predicted molar refractivity (Wildman–Crippen MR) is 158 cm³/mol. The number of hydrogen-bond acceptors (Lipinski definition) is 7. The van der Waals surface area contributed by atoms with Crippen LogP contribution in [0.15, 0.2) is 94.5 Å². The van der Waals surface area contributed by atoms with Gasteiger partial charge in [-0.05, 0) is 66.7 Å². The lowest BCUT2D eigenvalue weighted by Crippen LogP contribution is -2.18. The van der Waals surface area contributed by atoms with Crippen molar-refractivity contribution < 1.29 is 24.0 Å². The monoisotopic (exact) mass is 654 g/mol. The number of ether oxygens (including phenoxy) is 1. The average molecular weight is 656 g/mol. The van der Waals surface area contributed by atoms with Gasteiger partial charge in [-0.1, -0.05) is 45.2 Å². The molecule has 13 heteroatoms. The number of rotatable bonds is 8. The number of esters is 1. The van der Waals surface area contributed by atoms with Crippen LogP contribution in [0, 0.1) is 10.1 Å². The highest BCUT2D eigenvalue weighted by Gasteiger charge is 2.16. The summed E-state index contributed by atoms with van der Waals surface area (Å²) < 4.78 is 6.16. The molecule has 41 heavy (non-hydrogen) atoms. The van der Waals surface area contributed by atoms with Crippen LogP contribution in [0.1, 0.15) is 36.6 Å². The van der Waals surface area contributed by atoms with Crippen molar-refractivity contribution >= 4 is 74.5 Å². The summed E-state index contributed by atoms with van der Waals surface area (Å²) in [6.45, 7) is 0. The summed E-state index contributed by atoms with van der Waals surface area (Å²) in [4.78, 5) is 48.1. The molecule has 0 atom stereocenters.